The van der Waals surface area contributed by atoms with Crippen LogP contribution in [0.3, 0.4) is 0 Å². The number of nitriles is 1. The number of halogens is 2. The van der Waals surface area contributed by atoms with Crippen LogP contribution in [0.5, 0.6) is 0 Å². The molecule has 144 valence electrons. The molecule has 0 saturated carbocycles. The Morgan fingerprint density at radius 1 is 1.07 bits per heavy atom. The molecule has 2 aromatic heterocycles. The molecule has 4 rings (SSSR count). The first-order valence-electron chi connectivity index (χ1n) is 8.99. The Morgan fingerprint density at radius 3 is 2.55 bits per heavy atom. The van der Waals surface area contributed by atoms with Crippen LogP contribution >= 0.6 is 0 Å². The number of nitrogens with zero attached hydrogens (tertiary/aromatic N) is 3. The minimum absolute atomic E-state index is 0.0722. The third kappa shape index (κ3) is 3.16. The average Bonchev–Trinajstić information content (AvgIpc) is 3.13. The highest BCUT2D eigenvalue weighted by Crippen LogP contribution is 2.32. The van der Waals surface area contributed by atoms with E-state index in [4.69, 9.17) is 0 Å². The van der Waals surface area contributed by atoms with Crippen molar-refractivity contribution < 1.29 is 13.9 Å². The van der Waals surface area contributed by atoms with Gasteiger partial charge in [-0.3, -0.25) is 4.40 Å². The smallest absolute Gasteiger partial charge is 0.174 e. The predicted octanol–water partition coefficient (Wildman–Crippen LogP) is 5.05. The van der Waals surface area contributed by atoms with Gasteiger partial charge in [-0.2, -0.15) is 5.26 Å². The summed E-state index contributed by atoms with van der Waals surface area (Å²) in [5.74, 6) is -1.07. The highest BCUT2D eigenvalue weighted by Gasteiger charge is 2.24. The van der Waals surface area contributed by atoms with Crippen molar-refractivity contribution >= 4 is 5.65 Å². The maximum absolute atomic E-state index is 14.9. The highest BCUT2D eigenvalue weighted by molar-refractivity contribution is 5.76. The van der Waals surface area contributed by atoms with Crippen LogP contribution in [0.1, 0.15) is 25.0 Å². The lowest BCUT2D eigenvalue weighted by atomic mass is 9.97. The number of aliphatic hydroxyl groups is 1. The molecule has 0 saturated heterocycles. The summed E-state index contributed by atoms with van der Waals surface area (Å²) in [6.07, 6.45) is 3.13. The minimum Gasteiger partial charge on any atom is -0.386 e. The Kier molecular flexibility index (Phi) is 4.40. The van der Waals surface area contributed by atoms with Crippen molar-refractivity contribution in [3.8, 4) is 28.5 Å². The van der Waals surface area contributed by atoms with Gasteiger partial charge in [0.2, 0.25) is 0 Å². The summed E-state index contributed by atoms with van der Waals surface area (Å²) in [5, 5.41) is 19.5. The van der Waals surface area contributed by atoms with Gasteiger partial charge in [0.1, 0.15) is 5.82 Å². The van der Waals surface area contributed by atoms with E-state index in [-0.39, 0.29) is 16.8 Å². The van der Waals surface area contributed by atoms with Gasteiger partial charge in [-0.15, -0.1) is 0 Å². The molecule has 4 nitrogen and oxygen atoms in total. The average molecular weight is 389 g/mol. The fraction of sp³-hybridized carbons (Fsp3) is 0.130. The molecular formula is C23H17F2N3O. The molecule has 1 N–H and O–H groups in total. The minimum atomic E-state index is -1.35. The molecule has 0 fully saturated rings. The zero-order valence-corrected chi connectivity index (χ0v) is 15.8. The molecule has 0 aliphatic rings. The van der Waals surface area contributed by atoms with Crippen LogP contribution < -0.4 is 0 Å². The Labute approximate surface area is 166 Å². The van der Waals surface area contributed by atoms with Crippen LogP contribution in [-0.2, 0) is 5.60 Å². The van der Waals surface area contributed by atoms with E-state index >= 15 is 0 Å². The first kappa shape index (κ1) is 18.8. The maximum Gasteiger partial charge on any atom is 0.174 e. The topological polar surface area (TPSA) is 61.3 Å². The van der Waals surface area contributed by atoms with Crippen molar-refractivity contribution in [2.45, 2.75) is 19.4 Å². The predicted molar refractivity (Wildman–Crippen MR) is 106 cm³/mol. The first-order chi connectivity index (χ1) is 13.8. The second kappa shape index (κ2) is 6.80. The van der Waals surface area contributed by atoms with Crippen LogP contribution in [0.25, 0.3) is 28.0 Å². The van der Waals surface area contributed by atoms with Gasteiger partial charge in [-0.25, -0.2) is 13.8 Å². The number of benzene rings is 2. The molecule has 0 bridgehead atoms. The van der Waals surface area contributed by atoms with Gasteiger partial charge in [-0.1, -0.05) is 18.2 Å². The van der Waals surface area contributed by atoms with E-state index < -0.39 is 17.2 Å². The molecule has 0 amide bonds. The quantitative estimate of drug-likeness (QED) is 0.534. The maximum atomic E-state index is 14.9. The Balaban J connectivity index is 1.90. The highest BCUT2D eigenvalue weighted by atomic mass is 19.1. The van der Waals surface area contributed by atoms with Gasteiger partial charge in [0.25, 0.3) is 0 Å². The second-order valence-electron chi connectivity index (χ2n) is 7.29. The molecular weight excluding hydrogens is 372 g/mol. The summed E-state index contributed by atoms with van der Waals surface area (Å²) in [5.41, 5.74) is 1.19. The fourth-order valence-corrected chi connectivity index (χ4v) is 3.41. The molecule has 2 heterocycles. The van der Waals surface area contributed by atoms with E-state index in [0.29, 0.717) is 22.4 Å². The number of aromatic nitrogens is 2. The number of hydrogen-bond donors (Lipinski definition) is 1. The van der Waals surface area contributed by atoms with Gasteiger partial charge in [-0.05, 0) is 44.2 Å². The number of fused-ring (bicyclic) bond motifs is 1. The summed E-state index contributed by atoms with van der Waals surface area (Å²) < 4.78 is 31.0. The largest absolute Gasteiger partial charge is 0.386 e. The Hall–Kier alpha value is -3.56. The zero-order valence-electron chi connectivity index (χ0n) is 15.8. The number of hydrogen-bond acceptors (Lipinski definition) is 3. The van der Waals surface area contributed by atoms with Crippen LogP contribution in [0.2, 0.25) is 0 Å². The molecule has 29 heavy (non-hydrogen) atoms. The lowest BCUT2D eigenvalue weighted by Crippen LogP contribution is -2.18. The van der Waals surface area contributed by atoms with Crippen molar-refractivity contribution in [2.75, 3.05) is 0 Å². The third-order valence-electron chi connectivity index (χ3n) is 4.88. The normalized spacial score (nSPS) is 11.6. The molecule has 0 atom stereocenters. The SMILES string of the molecule is CC(C)(O)c1ccn2c(-c3ccc(F)c(-c4ccccc4C#N)c3)cnc2c1F. The van der Waals surface area contributed by atoms with Crippen molar-refractivity contribution in [2.24, 2.45) is 0 Å². The lowest BCUT2D eigenvalue weighted by molar-refractivity contribution is 0.0746. The molecule has 0 unspecified atom stereocenters. The van der Waals surface area contributed by atoms with Crippen LogP contribution in [-0.4, -0.2) is 14.5 Å². The van der Waals surface area contributed by atoms with E-state index in [9.17, 15) is 19.1 Å². The molecule has 0 aliphatic heterocycles. The summed E-state index contributed by atoms with van der Waals surface area (Å²) in [7, 11) is 0. The number of pyridine rings is 1. The van der Waals surface area contributed by atoms with E-state index in [2.05, 4.69) is 11.1 Å². The third-order valence-corrected chi connectivity index (χ3v) is 4.88. The Morgan fingerprint density at radius 2 is 1.83 bits per heavy atom. The summed E-state index contributed by atoms with van der Waals surface area (Å²) >= 11 is 0. The van der Waals surface area contributed by atoms with E-state index in [1.165, 1.54) is 32.2 Å². The summed E-state index contributed by atoms with van der Waals surface area (Å²) in [6, 6.07) is 14.9. The fourth-order valence-electron chi connectivity index (χ4n) is 3.41. The monoisotopic (exact) mass is 389 g/mol. The molecule has 2 aromatic carbocycles. The van der Waals surface area contributed by atoms with Gasteiger partial charge in [0, 0.05) is 28.5 Å². The van der Waals surface area contributed by atoms with E-state index in [1.807, 2.05) is 0 Å². The van der Waals surface area contributed by atoms with Gasteiger partial charge < -0.3 is 5.11 Å². The molecule has 6 heteroatoms. The molecule has 4 aromatic rings. The Bertz CT molecular complexity index is 1280. The van der Waals surface area contributed by atoms with Gasteiger partial charge in [0.05, 0.1) is 29.1 Å². The number of rotatable bonds is 3. The standard InChI is InChI=1S/C23H17F2N3O/c1-23(2,29)18-9-10-28-20(13-27-22(28)21(18)25)14-7-8-19(24)17(11-14)16-6-4-3-5-15(16)12-26/h3-11,13,29H,1-2H3. The number of imidazole rings is 1. The lowest BCUT2D eigenvalue weighted by Gasteiger charge is -2.18. The first-order valence-corrected chi connectivity index (χ1v) is 8.99. The van der Waals surface area contributed by atoms with Crippen LogP contribution in [0.4, 0.5) is 8.78 Å². The van der Waals surface area contributed by atoms with Crippen LogP contribution in [0.15, 0.2) is 60.9 Å². The van der Waals surface area contributed by atoms with Crippen molar-refractivity contribution in [1.82, 2.24) is 9.38 Å². The molecule has 0 spiro atoms. The van der Waals surface area contributed by atoms with Crippen molar-refractivity contribution in [3.63, 3.8) is 0 Å². The van der Waals surface area contributed by atoms with Crippen LogP contribution in [0, 0.1) is 23.0 Å². The van der Waals surface area contributed by atoms with Gasteiger partial charge >= 0.3 is 0 Å². The zero-order chi connectivity index (χ0) is 20.8. The molecule has 0 radical (unpaired) electrons. The van der Waals surface area contributed by atoms with Crippen molar-refractivity contribution in [1.29, 1.82) is 5.26 Å². The summed E-state index contributed by atoms with van der Waals surface area (Å²) in [6.45, 7) is 3.01. The van der Waals surface area contributed by atoms with Crippen molar-refractivity contribution in [3.05, 3.63) is 83.7 Å². The summed E-state index contributed by atoms with van der Waals surface area (Å²) in [4.78, 5) is 4.16. The van der Waals surface area contributed by atoms with Gasteiger partial charge in [0.15, 0.2) is 11.5 Å². The second-order valence-corrected chi connectivity index (χ2v) is 7.29. The van der Waals surface area contributed by atoms with E-state index in [1.54, 1.807) is 47.0 Å². The van der Waals surface area contributed by atoms with E-state index in [0.717, 1.165) is 0 Å². The molecule has 0 aliphatic carbocycles.